The Morgan fingerprint density at radius 3 is 2.70 bits per heavy atom. The average Bonchev–Trinajstić information content (AvgIpc) is 2.95. The van der Waals surface area contributed by atoms with Crippen LogP contribution < -0.4 is 9.80 Å². The molecule has 0 saturated carbocycles. The quantitative estimate of drug-likeness (QED) is 0.734. The third kappa shape index (κ3) is 4.26. The van der Waals surface area contributed by atoms with Crippen molar-refractivity contribution in [2.75, 3.05) is 43.2 Å². The van der Waals surface area contributed by atoms with Gasteiger partial charge in [-0.3, -0.25) is 9.67 Å². The first kappa shape index (κ1) is 21.2. The number of fused-ring (bicyclic) bond motifs is 1. The molecule has 0 bridgehead atoms. The Morgan fingerprint density at radius 2 is 2.04 bits per heavy atom. The molecule has 150 valence electrons. The van der Waals surface area contributed by atoms with Gasteiger partial charge in [-0.25, -0.2) is 0 Å². The van der Waals surface area contributed by atoms with Crippen LogP contribution in [0.2, 0.25) is 0 Å². The zero-order valence-corrected chi connectivity index (χ0v) is 16.7. The van der Waals surface area contributed by atoms with E-state index in [1.54, 1.807) is 7.11 Å². The minimum absolute atomic E-state index is 0. The fourth-order valence-electron chi connectivity index (χ4n) is 3.90. The highest BCUT2D eigenvalue weighted by Gasteiger charge is 2.29. The minimum Gasteiger partial charge on any atom is -0.383 e. The van der Waals surface area contributed by atoms with Crippen LogP contribution in [0.15, 0.2) is 12.3 Å². The van der Waals surface area contributed by atoms with Gasteiger partial charge in [-0.15, -0.1) is 0 Å². The van der Waals surface area contributed by atoms with E-state index in [1.807, 2.05) is 17.8 Å². The van der Waals surface area contributed by atoms with E-state index in [0.29, 0.717) is 0 Å². The lowest BCUT2D eigenvalue weighted by Crippen LogP contribution is -2.31. The van der Waals surface area contributed by atoms with E-state index in [2.05, 4.69) is 41.7 Å². The van der Waals surface area contributed by atoms with E-state index < -0.39 is 0 Å². The standard InChI is InChI=1S/C20H31N5O.CH4/c1-6-9-24(11-12-26-5)20-17-8-7-10-25(19(17)22-23(20)4)18-14-21-16(3)13-15(18)2;/h13-14H,6-12H2,1-5H3;1H4. The zero-order valence-electron chi connectivity index (χ0n) is 16.7. The first-order valence-corrected chi connectivity index (χ1v) is 9.57. The number of pyridine rings is 1. The summed E-state index contributed by atoms with van der Waals surface area (Å²) >= 11 is 0. The molecule has 6 heteroatoms. The Morgan fingerprint density at radius 1 is 1.26 bits per heavy atom. The molecule has 0 aliphatic carbocycles. The number of aromatic nitrogens is 3. The van der Waals surface area contributed by atoms with Gasteiger partial charge in [0, 0.05) is 45.0 Å². The number of aryl methyl sites for hydroxylation is 3. The summed E-state index contributed by atoms with van der Waals surface area (Å²) in [5.41, 5.74) is 4.82. The van der Waals surface area contributed by atoms with Crippen LogP contribution >= 0.6 is 0 Å². The maximum absolute atomic E-state index is 5.33. The molecule has 1 aliphatic heterocycles. The topological polar surface area (TPSA) is 46.4 Å². The summed E-state index contributed by atoms with van der Waals surface area (Å²) in [6.45, 7) is 10.0. The molecular weight excluding hydrogens is 338 g/mol. The number of hydrogen-bond donors (Lipinski definition) is 0. The summed E-state index contributed by atoms with van der Waals surface area (Å²) < 4.78 is 7.37. The van der Waals surface area contributed by atoms with Crippen LogP contribution in [0.1, 0.15) is 44.0 Å². The van der Waals surface area contributed by atoms with Gasteiger partial charge in [-0.05, 0) is 44.7 Å². The van der Waals surface area contributed by atoms with Gasteiger partial charge in [-0.2, -0.15) is 5.10 Å². The molecule has 0 radical (unpaired) electrons. The van der Waals surface area contributed by atoms with E-state index in [4.69, 9.17) is 9.84 Å². The number of ether oxygens (including phenoxy) is 1. The first-order valence-electron chi connectivity index (χ1n) is 9.57. The van der Waals surface area contributed by atoms with Gasteiger partial charge in [0.15, 0.2) is 5.82 Å². The number of rotatable bonds is 7. The maximum Gasteiger partial charge on any atom is 0.160 e. The van der Waals surface area contributed by atoms with Gasteiger partial charge in [0.2, 0.25) is 0 Å². The van der Waals surface area contributed by atoms with Crippen molar-refractivity contribution < 1.29 is 4.74 Å². The maximum atomic E-state index is 5.33. The third-order valence-electron chi connectivity index (χ3n) is 5.02. The summed E-state index contributed by atoms with van der Waals surface area (Å²) in [5.74, 6) is 2.32. The molecule has 0 atom stereocenters. The molecule has 0 aromatic carbocycles. The molecule has 0 unspecified atom stereocenters. The molecule has 0 saturated heterocycles. The summed E-state index contributed by atoms with van der Waals surface area (Å²) in [4.78, 5) is 9.27. The lowest BCUT2D eigenvalue weighted by molar-refractivity contribution is 0.205. The summed E-state index contributed by atoms with van der Waals surface area (Å²) in [5, 5.41) is 4.92. The van der Waals surface area contributed by atoms with E-state index in [9.17, 15) is 0 Å². The summed E-state index contributed by atoms with van der Waals surface area (Å²) in [6, 6.07) is 2.15. The van der Waals surface area contributed by atoms with Gasteiger partial charge >= 0.3 is 0 Å². The predicted octanol–water partition coefficient (Wildman–Crippen LogP) is 4.02. The van der Waals surface area contributed by atoms with Crippen molar-refractivity contribution in [1.82, 2.24) is 14.8 Å². The molecule has 2 aromatic rings. The summed E-state index contributed by atoms with van der Waals surface area (Å²) in [6.07, 6.45) is 5.29. The number of hydrogen-bond acceptors (Lipinski definition) is 5. The van der Waals surface area contributed by atoms with Gasteiger partial charge in [0.1, 0.15) is 5.82 Å². The molecule has 3 heterocycles. The predicted molar refractivity (Wildman–Crippen MR) is 113 cm³/mol. The second-order valence-corrected chi connectivity index (χ2v) is 7.10. The highest BCUT2D eigenvalue weighted by Crippen LogP contribution is 2.38. The lowest BCUT2D eigenvalue weighted by atomic mass is 10.0. The number of nitrogens with zero attached hydrogens (tertiary/aromatic N) is 5. The Hall–Kier alpha value is -2.08. The monoisotopic (exact) mass is 373 g/mol. The molecule has 0 fully saturated rings. The fourth-order valence-corrected chi connectivity index (χ4v) is 3.90. The third-order valence-corrected chi connectivity index (χ3v) is 5.02. The van der Waals surface area contributed by atoms with Crippen molar-refractivity contribution in [2.24, 2.45) is 7.05 Å². The molecular formula is C21H35N5O. The SMILES string of the molecule is C.CCCN(CCOC)c1c2c(nn1C)N(c1cnc(C)cc1C)CCC2. The van der Waals surface area contributed by atoms with Crippen molar-refractivity contribution in [3.63, 3.8) is 0 Å². The van der Waals surface area contributed by atoms with E-state index >= 15 is 0 Å². The van der Waals surface area contributed by atoms with Crippen molar-refractivity contribution in [2.45, 2.75) is 47.5 Å². The van der Waals surface area contributed by atoms with Crippen LogP contribution in [0.3, 0.4) is 0 Å². The van der Waals surface area contributed by atoms with Crippen molar-refractivity contribution in [1.29, 1.82) is 0 Å². The van der Waals surface area contributed by atoms with Gasteiger partial charge in [0.25, 0.3) is 0 Å². The highest BCUT2D eigenvalue weighted by molar-refractivity contribution is 5.71. The van der Waals surface area contributed by atoms with Crippen molar-refractivity contribution in [3.05, 3.63) is 29.1 Å². The highest BCUT2D eigenvalue weighted by atomic mass is 16.5. The molecule has 27 heavy (non-hydrogen) atoms. The Labute approximate surface area is 164 Å². The molecule has 2 aromatic heterocycles. The van der Waals surface area contributed by atoms with Crippen LogP contribution in [-0.2, 0) is 18.2 Å². The fraction of sp³-hybridized carbons (Fsp3) is 0.619. The normalized spacial score (nSPS) is 13.3. The molecule has 0 N–H and O–H groups in total. The van der Waals surface area contributed by atoms with Gasteiger partial charge in [-0.1, -0.05) is 14.4 Å². The van der Waals surface area contributed by atoms with Gasteiger partial charge in [0.05, 0.1) is 18.5 Å². The van der Waals surface area contributed by atoms with Gasteiger partial charge < -0.3 is 14.5 Å². The smallest absolute Gasteiger partial charge is 0.160 e. The van der Waals surface area contributed by atoms with Crippen LogP contribution in [0.5, 0.6) is 0 Å². The average molecular weight is 374 g/mol. The summed E-state index contributed by atoms with van der Waals surface area (Å²) in [7, 11) is 3.82. The van der Waals surface area contributed by atoms with E-state index in [-0.39, 0.29) is 7.43 Å². The van der Waals surface area contributed by atoms with Crippen LogP contribution in [-0.4, -0.2) is 48.1 Å². The molecule has 0 amide bonds. The molecule has 0 spiro atoms. The zero-order chi connectivity index (χ0) is 18.7. The largest absolute Gasteiger partial charge is 0.383 e. The molecule has 3 rings (SSSR count). The lowest BCUT2D eigenvalue weighted by Gasteiger charge is -2.30. The van der Waals surface area contributed by atoms with E-state index in [1.165, 1.54) is 22.6 Å². The Kier molecular flexibility index (Phi) is 7.25. The minimum atomic E-state index is 0. The first-order chi connectivity index (χ1) is 12.6. The Balaban J connectivity index is 0.00000261. The second-order valence-electron chi connectivity index (χ2n) is 7.10. The van der Waals surface area contributed by atoms with Crippen LogP contribution in [0.25, 0.3) is 0 Å². The molecule has 1 aliphatic rings. The number of anilines is 3. The number of methoxy groups -OCH3 is 1. The molecule has 6 nitrogen and oxygen atoms in total. The van der Waals surface area contributed by atoms with Crippen LogP contribution in [0, 0.1) is 13.8 Å². The van der Waals surface area contributed by atoms with Crippen molar-refractivity contribution in [3.8, 4) is 0 Å². The second kappa shape index (κ2) is 9.22. The van der Waals surface area contributed by atoms with Crippen LogP contribution in [0.4, 0.5) is 17.3 Å². The van der Waals surface area contributed by atoms with Crippen molar-refractivity contribution >= 4 is 17.3 Å². The van der Waals surface area contributed by atoms with E-state index in [0.717, 1.165) is 57.0 Å². The Bertz CT molecular complexity index is 755.